The molecule has 0 unspecified atom stereocenters. The molecule has 1 aliphatic carbocycles. The minimum absolute atomic E-state index is 0.142. The maximum Gasteiger partial charge on any atom is 0.253 e. The lowest BCUT2D eigenvalue weighted by atomic mass is 10.1. The Morgan fingerprint density at radius 1 is 0.970 bits per heavy atom. The molecule has 10 heteroatoms. The average molecular weight is 491 g/mol. The van der Waals surface area contributed by atoms with E-state index in [-0.39, 0.29) is 30.4 Å². The third-order valence-electron chi connectivity index (χ3n) is 6.17. The molecule has 1 aliphatic heterocycles. The molecule has 0 atom stereocenters. The van der Waals surface area contributed by atoms with Crippen LogP contribution in [0.3, 0.4) is 0 Å². The maximum absolute atomic E-state index is 12.7. The monoisotopic (exact) mass is 490 g/mol. The van der Waals surface area contributed by atoms with E-state index in [0.717, 1.165) is 25.7 Å². The molecule has 8 nitrogen and oxygen atoms in total. The second kappa shape index (κ2) is 10.8. The van der Waals surface area contributed by atoms with Gasteiger partial charge in [0.05, 0.1) is 17.8 Å². The normalized spacial score (nSPS) is 18.3. The molecule has 1 aromatic heterocycles. The maximum atomic E-state index is 12.7. The van der Waals surface area contributed by atoms with Crippen LogP contribution in [0.15, 0.2) is 46.0 Å². The SMILES string of the molecule is O=C(CN1CCC(NS(=O)(=O)c2cccs2)CC1)Nc1ccccc1C(=O)NC1CCCC1. The lowest BCUT2D eigenvalue weighted by Crippen LogP contribution is -2.46. The van der Waals surface area contributed by atoms with Crippen LogP contribution in [-0.4, -0.2) is 56.9 Å². The first-order chi connectivity index (χ1) is 15.9. The number of anilines is 1. The summed E-state index contributed by atoms with van der Waals surface area (Å²) in [4.78, 5) is 27.4. The summed E-state index contributed by atoms with van der Waals surface area (Å²) in [5.74, 6) is -0.342. The number of carbonyl (C=O) groups excluding carboxylic acids is 2. The van der Waals surface area contributed by atoms with Gasteiger partial charge in [0, 0.05) is 25.2 Å². The Hall–Kier alpha value is -2.27. The van der Waals surface area contributed by atoms with Crippen LogP contribution in [-0.2, 0) is 14.8 Å². The second-order valence-corrected chi connectivity index (χ2v) is 11.5. The zero-order chi connectivity index (χ0) is 23.3. The summed E-state index contributed by atoms with van der Waals surface area (Å²) in [5.41, 5.74) is 0.982. The molecule has 0 bridgehead atoms. The largest absolute Gasteiger partial charge is 0.349 e. The molecular formula is C23H30N4O4S2. The van der Waals surface area contributed by atoms with Crippen molar-refractivity contribution in [2.24, 2.45) is 0 Å². The summed E-state index contributed by atoms with van der Waals surface area (Å²) in [7, 11) is -3.49. The second-order valence-electron chi connectivity index (χ2n) is 8.65. The van der Waals surface area contributed by atoms with Crippen molar-refractivity contribution in [2.45, 2.75) is 54.8 Å². The molecule has 3 N–H and O–H groups in total. The van der Waals surface area contributed by atoms with Gasteiger partial charge in [-0.3, -0.25) is 14.5 Å². The van der Waals surface area contributed by atoms with Gasteiger partial charge in [-0.05, 0) is 49.3 Å². The highest BCUT2D eigenvalue weighted by atomic mass is 32.2. The van der Waals surface area contributed by atoms with E-state index in [2.05, 4.69) is 15.4 Å². The molecule has 4 rings (SSSR count). The highest BCUT2D eigenvalue weighted by molar-refractivity contribution is 7.91. The van der Waals surface area contributed by atoms with Crippen LogP contribution in [0.25, 0.3) is 0 Å². The Morgan fingerprint density at radius 2 is 1.70 bits per heavy atom. The number of benzene rings is 1. The zero-order valence-corrected chi connectivity index (χ0v) is 20.1. The van der Waals surface area contributed by atoms with E-state index in [0.29, 0.717) is 41.4 Å². The van der Waals surface area contributed by atoms with E-state index in [1.807, 2.05) is 4.90 Å². The van der Waals surface area contributed by atoms with Gasteiger partial charge in [-0.15, -0.1) is 11.3 Å². The smallest absolute Gasteiger partial charge is 0.253 e. The fourth-order valence-corrected chi connectivity index (χ4v) is 6.73. The van der Waals surface area contributed by atoms with Crippen LogP contribution in [0.1, 0.15) is 48.9 Å². The number of amides is 2. The number of likely N-dealkylation sites (tertiary alicyclic amines) is 1. The van der Waals surface area contributed by atoms with Crippen LogP contribution >= 0.6 is 11.3 Å². The predicted molar refractivity (Wildman–Crippen MR) is 129 cm³/mol. The molecular weight excluding hydrogens is 460 g/mol. The topological polar surface area (TPSA) is 108 Å². The summed E-state index contributed by atoms with van der Waals surface area (Å²) in [6.45, 7) is 1.44. The minimum Gasteiger partial charge on any atom is -0.349 e. The number of piperidine rings is 1. The Labute approximate surface area is 198 Å². The van der Waals surface area contributed by atoms with Crippen molar-refractivity contribution in [2.75, 3.05) is 25.0 Å². The number of hydrogen-bond donors (Lipinski definition) is 3. The number of hydrogen-bond acceptors (Lipinski definition) is 6. The quantitative estimate of drug-likeness (QED) is 0.527. The van der Waals surface area contributed by atoms with E-state index in [4.69, 9.17) is 0 Å². The van der Waals surface area contributed by atoms with Gasteiger partial charge in [-0.1, -0.05) is 31.0 Å². The summed E-state index contributed by atoms with van der Waals surface area (Å²) < 4.78 is 27.9. The van der Waals surface area contributed by atoms with Gasteiger partial charge < -0.3 is 10.6 Å². The third kappa shape index (κ3) is 6.41. The third-order valence-corrected chi connectivity index (χ3v) is 9.09. The summed E-state index contributed by atoms with van der Waals surface area (Å²) in [6.07, 6.45) is 5.54. The van der Waals surface area contributed by atoms with Gasteiger partial charge in [-0.25, -0.2) is 13.1 Å². The van der Waals surface area contributed by atoms with Crippen molar-refractivity contribution in [1.82, 2.24) is 14.9 Å². The Kier molecular flexibility index (Phi) is 7.79. The van der Waals surface area contributed by atoms with E-state index >= 15 is 0 Å². The molecule has 2 heterocycles. The van der Waals surface area contributed by atoms with E-state index < -0.39 is 10.0 Å². The lowest BCUT2D eigenvalue weighted by Gasteiger charge is -2.31. The van der Waals surface area contributed by atoms with E-state index in [9.17, 15) is 18.0 Å². The standard InChI is InChI=1S/C23H30N4O4S2/c28-21(25-20-9-4-3-8-19(20)23(29)24-17-6-1-2-7-17)16-27-13-11-18(12-14-27)26-33(30,31)22-10-5-15-32-22/h3-5,8-10,15,17-18,26H,1-2,6-7,11-14,16H2,(H,24,29)(H,25,28). The molecule has 0 spiro atoms. The molecule has 2 amide bonds. The molecule has 1 saturated heterocycles. The van der Waals surface area contributed by atoms with Crippen LogP contribution in [0.5, 0.6) is 0 Å². The van der Waals surface area contributed by atoms with E-state index in [1.54, 1.807) is 41.8 Å². The number of rotatable bonds is 8. The van der Waals surface area contributed by atoms with Crippen LogP contribution < -0.4 is 15.4 Å². The first kappa shape index (κ1) is 23.9. The highest BCUT2D eigenvalue weighted by Crippen LogP contribution is 2.21. The van der Waals surface area contributed by atoms with Gasteiger partial charge in [0.15, 0.2) is 0 Å². The molecule has 2 aromatic rings. The van der Waals surface area contributed by atoms with Crippen molar-refractivity contribution in [3.8, 4) is 0 Å². The number of sulfonamides is 1. The first-order valence-corrected chi connectivity index (χ1v) is 13.7. The molecule has 1 saturated carbocycles. The first-order valence-electron chi connectivity index (χ1n) is 11.4. The van der Waals surface area contributed by atoms with Crippen molar-refractivity contribution in [3.05, 3.63) is 47.3 Å². The van der Waals surface area contributed by atoms with Crippen LogP contribution in [0.2, 0.25) is 0 Å². The van der Waals surface area contributed by atoms with E-state index in [1.165, 1.54) is 11.3 Å². The molecule has 2 aliphatic rings. The number of nitrogens with one attached hydrogen (secondary N) is 3. The van der Waals surface area contributed by atoms with Gasteiger partial charge in [0.25, 0.3) is 5.91 Å². The molecule has 33 heavy (non-hydrogen) atoms. The van der Waals surface area contributed by atoms with Gasteiger partial charge in [0.1, 0.15) is 4.21 Å². The summed E-state index contributed by atoms with van der Waals surface area (Å²) >= 11 is 1.20. The predicted octanol–water partition coefficient (Wildman–Crippen LogP) is 2.80. The lowest BCUT2D eigenvalue weighted by molar-refractivity contribution is -0.117. The number of nitrogens with zero attached hydrogens (tertiary/aromatic N) is 1. The minimum atomic E-state index is -3.49. The van der Waals surface area contributed by atoms with Crippen LogP contribution in [0.4, 0.5) is 5.69 Å². The molecule has 178 valence electrons. The van der Waals surface area contributed by atoms with Gasteiger partial charge in [-0.2, -0.15) is 0 Å². The fraction of sp³-hybridized carbons (Fsp3) is 0.478. The van der Waals surface area contributed by atoms with Crippen molar-refractivity contribution in [1.29, 1.82) is 0 Å². The van der Waals surface area contributed by atoms with Crippen molar-refractivity contribution in [3.63, 3.8) is 0 Å². The fourth-order valence-electron chi connectivity index (χ4n) is 4.42. The summed E-state index contributed by atoms with van der Waals surface area (Å²) in [5, 5.41) is 7.69. The number of thiophene rings is 1. The molecule has 0 radical (unpaired) electrons. The Morgan fingerprint density at radius 3 is 2.39 bits per heavy atom. The Bertz CT molecular complexity index is 1060. The Balaban J connectivity index is 1.27. The highest BCUT2D eigenvalue weighted by Gasteiger charge is 2.26. The molecule has 1 aromatic carbocycles. The van der Waals surface area contributed by atoms with Gasteiger partial charge >= 0.3 is 0 Å². The number of carbonyl (C=O) groups is 2. The van der Waals surface area contributed by atoms with Gasteiger partial charge in [0.2, 0.25) is 15.9 Å². The van der Waals surface area contributed by atoms with Crippen molar-refractivity contribution >= 4 is 38.9 Å². The molecule has 2 fully saturated rings. The zero-order valence-electron chi connectivity index (χ0n) is 18.5. The average Bonchev–Trinajstić information content (AvgIpc) is 3.50. The summed E-state index contributed by atoms with van der Waals surface area (Å²) in [6, 6.07) is 10.4. The van der Waals surface area contributed by atoms with Crippen LogP contribution in [0, 0.1) is 0 Å². The number of para-hydroxylation sites is 1. The van der Waals surface area contributed by atoms with Crippen molar-refractivity contribution < 1.29 is 18.0 Å².